The third-order valence-corrected chi connectivity index (χ3v) is 5.01. The zero-order valence-corrected chi connectivity index (χ0v) is 14.3. The van der Waals surface area contributed by atoms with Crippen LogP contribution in [-0.2, 0) is 16.0 Å². The molecule has 1 saturated carbocycles. The van der Waals surface area contributed by atoms with Gasteiger partial charge in [0, 0.05) is 30.3 Å². The maximum atomic E-state index is 12.2. The van der Waals surface area contributed by atoms with E-state index in [9.17, 15) is 14.4 Å². The van der Waals surface area contributed by atoms with Crippen molar-refractivity contribution in [2.75, 3.05) is 18.0 Å². The van der Waals surface area contributed by atoms with E-state index >= 15 is 0 Å². The second kappa shape index (κ2) is 7.68. The number of rotatable bonds is 7. The summed E-state index contributed by atoms with van der Waals surface area (Å²) >= 11 is 0. The lowest BCUT2D eigenvalue weighted by atomic mass is 10.0. The van der Waals surface area contributed by atoms with Crippen LogP contribution in [0.25, 0.3) is 0 Å². The van der Waals surface area contributed by atoms with Crippen LogP contribution < -0.4 is 10.2 Å². The Hall–Kier alpha value is -2.37. The number of anilines is 1. The Bertz CT molecular complexity index is 680. The van der Waals surface area contributed by atoms with Crippen LogP contribution in [0.3, 0.4) is 0 Å². The predicted molar refractivity (Wildman–Crippen MR) is 94.0 cm³/mol. The molecule has 1 aromatic carbocycles. The molecule has 6 heteroatoms. The first kappa shape index (κ1) is 17.5. The van der Waals surface area contributed by atoms with Crippen LogP contribution in [0.2, 0.25) is 0 Å². The highest BCUT2D eigenvalue weighted by molar-refractivity contribution is 5.98. The Morgan fingerprint density at radius 1 is 1.16 bits per heavy atom. The van der Waals surface area contributed by atoms with Crippen LogP contribution in [0.5, 0.6) is 0 Å². The Balaban J connectivity index is 1.59. The van der Waals surface area contributed by atoms with Crippen LogP contribution in [0.15, 0.2) is 18.2 Å². The van der Waals surface area contributed by atoms with Gasteiger partial charge in [-0.15, -0.1) is 0 Å². The molecular formula is C19H24N2O4. The average molecular weight is 344 g/mol. The lowest BCUT2D eigenvalue weighted by Gasteiger charge is -2.20. The number of amides is 1. The molecule has 1 amide bonds. The van der Waals surface area contributed by atoms with Crippen molar-refractivity contribution in [3.8, 4) is 0 Å². The van der Waals surface area contributed by atoms with Gasteiger partial charge >= 0.3 is 5.97 Å². The highest BCUT2D eigenvalue weighted by Crippen LogP contribution is 2.29. The van der Waals surface area contributed by atoms with Crippen molar-refractivity contribution < 1.29 is 19.5 Å². The van der Waals surface area contributed by atoms with E-state index in [1.165, 1.54) is 12.8 Å². The minimum atomic E-state index is -0.964. The molecule has 0 spiro atoms. The largest absolute Gasteiger partial charge is 0.481 e. The summed E-state index contributed by atoms with van der Waals surface area (Å²) in [5.74, 6) is -1.06. The number of carboxylic acids is 1. The van der Waals surface area contributed by atoms with Gasteiger partial charge in [0.2, 0.25) is 5.91 Å². The lowest BCUT2D eigenvalue weighted by molar-refractivity contribution is -0.137. The van der Waals surface area contributed by atoms with Crippen molar-refractivity contribution in [2.45, 2.75) is 51.0 Å². The monoisotopic (exact) mass is 344 g/mol. The van der Waals surface area contributed by atoms with Crippen molar-refractivity contribution in [3.05, 3.63) is 29.3 Å². The number of carbonyl (C=O) groups is 3. The molecule has 134 valence electrons. The Labute approximate surface area is 147 Å². The molecular weight excluding hydrogens is 320 g/mol. The molecule has 0 unspecified atom stereocenters. The van der Waals surface area contributed by atoms with Crippen LogP contribution in [0.1, 0.15) is 54.4 Å². The molecule has 25 heavy (non-hydrogen) atoms. The smallest absolute Gasteiger partial charge is 0.303 e. The number of carboxylic acid groups (broad SMARTS) is 1. The molecule has 1 aromatic rings. The van der Waals surface area contributed by atoms with Gasteiger partial charge in [-0.1, -0.05) is 12.8 Å². The van der Waals surface area contributed by atoms with Crippen LogP contribution >= 0.6 is 0 Å². The molecule has 1 heterocycles. The van der Waals surface area contributed by atoms with Crippen molar-refractivity contribution in [3.63, 3.8) is 0 Å². The summed E-state index contributed by atoms with van der Waals surface area (Å²) in [7, 11) is 0. The molecule has 0 radical (unpaired) electrons. The van der Waals surface area contributed by atoms with Gasteiger partial charge in [-0.2, -0.15) is 0 Å². The molecule has 0 aromatic heterocycles. The fraction of sp³-hybridized carbons (Fsp3) is 0.526. The highest BCUT2D eigenvalue weighted by atomic mass is 16.4. The number of fused-ring (bicyclic) bond motifs is 1. The molecule has 0 atom stereocenters. The molecule has 0 saturated heterocycles. The maximum absolute atomic E-state index is 12.2. The van der Waals surface area contributed by atoms with Gasteiger partial charge in [0.05, 0.1) is 13.0 Å². The predicted octanol–water partition coefficient (Wildman–Crippen LogP) is 2.16. The maximum Gasteiger partial charge on any atom is 0.303 e. The molecule has 6 nitrogen and oxygen atoms in total. The third-order valence-electron chi connectivity index (χ3n) is 5.01. The van der Waals surface area contributed by atoms with E-state index in [0.29, 0.717) is 18.2 Å². The lowest BCUT2D eigenvalue weighted by Crippen LogP contribution is -2.40. The summed E-state index contributed by atoms with van der Waals surface area (Å²) < 4.78 is 0. The zero-order valence-electron chi connectivity index (χ0n) is 14.3. The normalized spacial score (nSPS) is 16.7. The van der Waals surface area contributed by atoms with Crippen molar-refractivity contribution in [1.29, 1.82) is 0 Å². The van der Waals surface area contributed by atoms with Gasteiger partial charge < -0.3 is 15.3 Å². The first-order valence-corrected chi connectivity index (χ1v) is 8.95. The number of aliphatic carboxylic acids is 1. The minimum absolute atomic E-state index is 0.0155. The van der Waals surface area contributed by atoms with E-state index in [-0.39, 0.29) is 24.5 Å². The summed E-state index contributed by atoms with van der Waals surface area (Å²) in [6.07, 6.45) is 5.19. The van der Waals surface area contributed by atoms with E-state index in [0.717, 1.165) is 37.1 Å². The van der Waals surface area contributed by atoms with E-state index in [1.807, 2.05) is 17.0 Å². The second-order valence-corrected chi connectivity index (χ2v) is 6.88. The number of hydrogen-bond acceptors (Lipinski definition) is 4. The number of hydrogen-bond donors (Lipinski definition) is 2. The average Bonchev–Trinajstić information content (AvgIpc) is 3.22. The van der Waals surface area contributed by atoms with Crippen molar-refractivity contribution in [1.82, 2.24) is 5.32 Å². The molecule has 1 aliphatic heterocycles. The van der Waals surface area contributed by atoms with Gasteiger partial charge in [-0.3, -0.25) is 14.4 Å². The zero-order chi connectivity index (χ0) is 17.8. The number of nitrogens with one attached hydrogen (secondary N) is 1. The third kappa shape index (κ3) is 4.38. The molecule has 1 fully saturated rings. The second-order valence-electron chi connectivity index (χ2n) is 6.88. The number of ketones is 1. The van der Waals surface area contributed by atoms with Crippen LogP contribution in [-0.4, -0.2) is 41.9 Å². The summed E-state index contributed by atoms with van der Waals surface area (Å²) in [4.78, 5) is 36.9. The first-order chi connectivity index (χ1) is 12.0. The standard InChI is InChI=1S/C19H24N2O4/c22-17(7-8-19(24)25)14-5-6-16-13(11-14)9-10-21(16)12-18(23)20-15-3-1-2-4-15/h5-6,11,15H,1-4,7-10,12H2,(H,20,23)(H,24,25). The Morgan fingerprint density at radius 3 is 2.64 bits per heavy atom. The Morgan fingerprint density at radius 2 is 1.92 bits per heavy atom. The van der Waals surface area contributed by atoms with Gasteiger partial charge in [0.1, 0.15) is 0 Å². The van der Waals surface area contributed by atoms with Gasteiger partial charge in [-0.05, 0) is 43.0 Å². The summed E-state index contributed by atoms with van der Waals surface area (Å²) in [5, 5.41) is 11.8. The molecule has 3 rings (SSSR count). The van der Waals surface area contributed by atoms with E-state index in [2.05, 4.69) is 5.32 Å². The summed E-state index contributed by atoms with van der Waals surface area (Å²) in [6.45, 7) is 1.11. The van der Waals surface area contributed by atoms with Crippen molar-refractivity contribution in [2.24, 2.45) is 0 Å². The summed E-state index contributed by atoms with van der Waals surface area (Å²) in [5.41, 5.74) is 2.60. The van der Waals surface area contributed by atoms with Crippen LogP contribution in [0.4, 0.5) is 5.69 Å². The Kier molecular flexibility index (Phi) is 5.36. The first-order valence-electron chi connectivity index (χ1n) is 8.95. The number of carbonyl (C=O) groups excluding carboxylic acids is 2. The van der Waals surface area contributed by atoms with Gasteiger partial charge in [0.25, 0.3) is 0 Å². The fourth-order valence-corrected chi connectivity index (χ4v) is 3.69. The van der Waals surface area contributed by atoms with E-state index in [1.54, 1.807) is 6.07 Å². The summed E-state index contributed by atoms with van der Waals surface area (Å²) in [6, 6.07) is 5.77. The molecule has 2 aliphatic rings. The molecule has 0 bridgehead atoms. The molecule has 1 aliphatic carbocycles. The number of benzene rings is 1. The quantitative estimate of drug-likeness (QED) is 0.740. The van der Waals surface area contributed by atoms with Crippen LogP contribution in [0, 0.1) is 0 Å². The van der Waals surface area contributed by atoms with Gasteiger partial charge in [0.15, 0.2) is 5.78 Å². The highest BCUT2D eigenvalue weighted by Gasteiger charge is 2.24. The number of Topliss-reactive ketones (excluding diaryl/α,β-unsaturated/α-hetero) is 1. The topological polar surface area (TPSA) is 86.7 Å². The number of nitrogens with zero attached hydrogens (tertiary/aromatic N) is 1. The minimum Gasteiger partial charge on any atom is -0.481 e. The van der Waals surface area contributed by atoms with Crippen molar-refractivity contribution >= 4 is 23.3 Å². The van der Waals surface area contributed by atoms with E-state index in [4.69, 9.17) is 5.11 Å². The van der Waals surface area contributed by atoms with Gasteiger partial charge in [-0.25, -0.2) is 0 Å². The molecule has 2 N–H and O–H groups in total. The fourth-order valence-electron chi connectivity index (χ4n) is 3.69. The SMILES string of the molecule is O=C(O)CCC(=O)c1ccc2c(c1)CCN2CC(=O)NC1CCCC1. The van der Waals surface area contributed by atoms with E-state index < -0.39 is 5.97 Å².